The Morgan fingerprint density at radius 1 is 1.17 bits per heavy atom. The summed E-state index contributed by atoms with van der Waals surface area (Å²) < 4.78 is 1.11. The van der Waals surface area contributed by atoms with Gasteiger partial charge in [0.2, 0.25) is 0 Å². The Labute approximate surface area is 117 Å². The van der Waals surface area contributed by atoms with Crippen LogP contribution in [-0.2, 0) is 0 Å². The Bertz CT molecular complexity index is 468. The van der Waals surface area contributed by atoms with E-state index in [4.69, 9.17) is 0 Å². The van der Waals surface area contributed by atoms with Gasteiger partial charge in [0.05, 0.1) is 0 Å². The molecule has 0 fully saturated rings. The second kappa shape index (κ2) is 6.66. The zero-order chi connectivity index (χ0) is 12.8. The highest BCUT2D eigenvalue weighted by Gasteiger charge is 2.14. The second-order valence-corrected chi connectivity index (χ2v) is 5.17. The molecule has 1 unspecified atom stereocenters. The van der Waals surface area contributed by atoms with E-state index in [1.807, 2.05) is 25.4 Å². The van der Waals surface area contributed by atoms with Crippen molar-refractivity contribution in [1.29, 1.82) is 0 Å². The van der Waals surface area contributed by atoms with Crippen LogP contribution < -0.4 is 5.32 Å². The van der Waals surface area contributed by atoms with Crippen LogP contribution in [0.15, 0.2) is 53.1 Å². The molecule has 0 amide bonds. The Morgan fingerprint density at radius 3 is 2.56 bits per heavy atom. The number of rotatable bonds is 5. The lowest BCUT2D eigenvalue weighted by Crippen LogP contribution is -2.13. The van der Waals surface area contributed by atoms with E-state index in [9.17, 15) is 0 Å². The molecular weight excluding hydrogens is 288 g/mol. The van der Waals surface area contributed by atoms with Crippen molar-refractivity contribution in [3.8, 4) is 0 Å². The average Bonchev–Trinajstić information content (AvgIpc) is 2.42. The number of nitrogens with one attached hydrogen (secondary N) is 1. The standard InChI is InChI=1S/C15H17BrN2/c1-17-11-9-14(15-4-2-3-10-18-15)12-5-7-13(16)8-6-12/h2-8,10,14,17H,9,11H2,1H3. The van der Waals surface area contributed by atoms with E-state index in [1.54, 1.807) is 0 Å². The Hall–Kier alpha value is -1.19. The summed E-state index contributed by atoms with van der Waals surface area (Å²) in [5.41, 5.74) is 2.45. The largest absolute Gasteiger partial charge is 0.320 e. The van der Waals surface area contributed by atoms with E-state index in [1.165, 1.54) is 5.56 Å². The van der Waals surface area contributed by atoms with Gasteiger partial charge in [-0.2, -0.15) is 0 Å². The van der Waals surface area contributed by atoms with Gasteiger partial charge in [0.1, 0.15) is 0 Å². The summed E-state index contributed by atoms with van der Waals surface area (Å²) in [6.07, 6.45) is 2.91. The number of hydrogen-bond acceptors (Lipinski definition) is 2. The molecule has 2 rings (SSSR count). The van der Waals surface area contributed by atoms with Crippen LogP contribution in [0, 0.1) is 0 Å². The van der Waals surface area contributed by atoms with Crippen molar-refractivity contribution in [2.45, 2.75) is 12.3 Å². The maximum atomic E-state index is 4.49. The maximum absolute atomic E-state index is 4.49. The molecule has 3 heteroatoms. The van der Waals surface area contributed by atoms with Crippen LogP contribution in [0.4, 0.5) is 0 Å². The van der Waals surface area contributed by atoms with Gasteiger partial charge in [-0.1, -0.05) is 34.1 Å². The molecule has 2 aromatic rings. The van der Waals surface area contributed by atoms with Crippen LogP contribution >= 0.6 is 15.9 Å². The van der Waals surface area contributed by atoms with Crippen molar-refractivity contribution in [2.75, 3.05) is 13.6 Å². The number of hydrogen-bond donors (Lipinski definition) is 1. The molecule has 1 atom stereocenters. The second-order valence-electron chi connectivity index (χ2n) is 4.25. The van der Waals surface area contributed by atoms with Gasteiger partial charge in [-0.25, -0.2) is 0 Å². The van der Waals surface area contributed by atoms with Gasteiger partial charge in [-0.15, -0.1) is 0 Å². The van der Waals surface area contributed by atoms with Crippen LogP contribution in [0.3, 0.4) is 0 Å². The predicted molar refractivity (Wildman–Crippen MR) is 78.8 cm³/mol. The summed E-state index contributed by atoms with van der Waals surface area (Å²) in [5, 5.41) is 3.21. The van der Waals surface area contributed by atoms with Gasteiger partial charge in [-0.3, -0.25) is 4.98 Å². The number of benzene rings is 1. The number of halogens is 1. The SMILES string of the molecule is CNCCC(c1ccc(Br)cc1)c1ccccn1. The van der Waals surface area contributed by atoms with Crippen LogP contribution in [0.5, 0.6) is 0 Å². The zero-order valence-electron chi connectivity index (χ0n) is 10.4. The fraction of sp³-hybridized carbons (Fsp3) is 0.267. The van der Waals surface area contributed by atoms with Crippen LogP contribution in [0.1, 0.15) is 23.6 Å². The summed E-state index contributed by atoms with van der Waals surface area (Å²) >= 11 is 3.48. The summed E-state index contributed by atoms with van der Waals surface area (Å²) in [6, 6.07) is 14.6. The normalized spacial score (nSPS) is 12.3. The van der Waals surface area contributed by atoms with Crippen molar-refractivity contribution in [1.82, 2.24) is 10.3 Å². The molecule has 0 radical (unpaired) electrons. The first-order chi connectivity index (χ1) is 8.81. The topological polar surface area (TPSA) is 24.9 Å². The van der Waals surface area contributed by atoms with Crippen molar-refractivity contribution < 1.29 is 0 Å². The Kier molecular flexibility index (Phi) is 4.90. The third-order valence-corrected chi connectivity index (χ3v) is 3.53. The van der Waals surface area contributed by atoms with Gasteiger partial charge in [-0.05, 0) is 49.8 Å². The smallest absolute Gasteiger partial charge is 0.0478 e. The molecule has 0 saturated carbocycles. The van der Waals surface area contributed by atoms with Crippen molar-refractivity contribution >= 4 is 15.9 Å². The summed E-state index contributed by atoms with van der Waals surface area (Å²) in [5.74, 6) is 0.353. The van der Waals surface area contributed by atoms with Gasteiger partial charge in [0.25, 0.3) is 0 Å². The number of aromatic nitrogens is 1. The first-order valence-electron chi connectivity index (χ1n) is 6.12. The van der Waals surface area contributed by atoms with Crippen molar-refractivity contribution in [2.24, 2.45) is 0 Å². The van der Waals surface area contributed by atoms with E-state index < -0.39 is 0 Å². The quantitative estimate of drug-likeness (QED) is 0.913. The number of nitrogens with zero attached hydrogens (tertiary/aromatic N) is 1. The first kappa shape index (κ1) is 13.2. The Morgan fingerprint density at radius 2 is 1.94 bits per heavy atom. The fourth-order valence-corrected chi connectivity index (χ4v) is 2.32. The molecule has 0 aliphatic carbocycles. The minimum atomic E-state index is 0.353. The molecule has 0 aliphatic rings. The zero-order valence-corrected chi connectivity index (χ0v) is 12.0. The highest BCUT2D eigenvalue weighted by molar-refractivity contribution is 9.10. The molecule has 0 bridgehead atoms. The molecule has 1 N–H and O–H groups in total. The van der Waals surface area contributed by atoms with Gasteiger partial charge in [0, 0.05) is 22.3 Å². The molecular formula is C15H17BrN2. The van der Waals surface area contributed by atoms with E-state index in [0.717, 1.165) is 23.1 Å². The van der Waals surface area contributed by atoms with Gasteiger partial charge >= 0.3 is 0 Å². The van der Waals surface area contributed by atoms with Crippen LogP contribution in [-0.4, -0.2) is 18.6 Å². The predicted octanol–water partition coefficient (Wildman–Crippen LogP) is 3.59. The molecule has 1 aromatic heterocycles. The molecule has 0 aliphatic heterocycles. The summed E-state index contributed by atoms with van der Waals surface area (Å²) in [7, 11) is 1.98. The molecule has 1 heterocycles. The maximum Gasteiger partial charge on any atom is 0.0478 e. The van der Waals surface area contributed by atoms with E-state index in [2.05, 4.69) is 56.6 Å². The van der Waals surface area contributed by atoms with Crippen molar-refractivity contribution in [3.63, 3.8) is 0 Å². The monoisotopic (exact) mass is 304 g/mol. The fourth-order valence-electron chi connectivity index (χ4n) is 2.05. The van der Waals surface area contributed by atoms with Crippen molar-refractivity contribution in [3.05, 3.63) is 64.4 Å². The molecule has 0 spiro atoms. The van der Waals surface area contributed by atoms with Crippen LogP contribution in [0.25, 0.3) is 0 Å². The van der Waals surface area contributed by atoms with E-state index >= 15 is 0 Å². The van der Waals surface area contributed by atoms with E-state index in [0.29, 0.717) is 5.92 Å². The van der Waals surface area contributed by atoms with E-state index in [-0.39, 0.29) is 0 Å². The lowest BCUT2D eigenvalue weighted by atomic mass is 9.92. The third kappa shape index (κ3) is 3.40. The van der Waals surface area contributed by atoms with Gasteiger partial charge < -0.3 is 5.32 Å². The number of pyridine rings is 1. The molecule has 0 saturated heterocycles. The lowest BCUT2D eigenvalue weighted by Gasteiger charge is -2.17. The highest BCUT2D eigenvalue weighted by Crippen LogP contribution is 2.27. The third-order valence-electron chi connectivity index (χ3n) is 3.00. The molecule has 2 nitrogen and oxygen atoms in total. The lowest BCUT2D eigenvalue weighted by molar-refractivity contribution is 0.649. The van der Waals surface area contributed by atoms with Crippen LogP contribution in [0.2, 0.25) is 0 Å². The minimum Gasteiger partial charge on any atom is -0.320 e. The van der Waals surface area contributed by atoms with Gasteiger partial charge in [0.15, 0.2) is 0 Å². The highest BCUT2D eigenvalue weighted by atomic mass is 79.9. The molecule has 1 aromatic carbocycles. The minimum absolute atomic E-state index is 0.353. The molecule has 18 heavy (non-hydrogen) atoms. The summed E-state index contributed by atoms with van der Waals surface area (Å²) in [6.45, 7) is 0.983. The molecule has 94 valence electrons. The summed E-state index contributed by atoms with van der Waals surface area (Å²) in [4.78, 5) is 4.49. The average molecular weight is 305 g/mol. The Balaban J connectivity index is 2.27. The first-order valence-corrected chi connectivity index (χ1v) is 6.91.